The molecule has 0 spiro atoms. The molecule has 124 valence electrons. The minimum Gasteiger partial charge on any atom is -0.468 e. The van der Waals surface area contributed by atoms with Crippen LogP contribution in [0.1, 0.15) is 19.4 Å². The Morgan fingerprint density at radius 3 is 2.35 bits per heavy atom. The number of sulfonamides is 1. The summed E-state index contributed by atoms with van der Waals surface area (Å²) in [5, 5.41) is 8.81. The van der Waals surface area contributed by atoms with Crippen molar-refractivity contribution in [3.8, 4) is 6.07 Å². The Hall–Kier alpha value is -2.17. The van der Waals surface area contributed by atoms with Gasteiger partial charge in [0.1, 0.15) is 6.04 Å². The van der Waals surface area contributed by atoms with Crippen molar-refractivity contribution in [1.82, 2.24) is 4.31 Å². The van der Waals surface area contributed by atoms with Crippen molar-refractivity contribution in [2.75, 3.05) is 13.7 Å². The standard InChI is InChI=1S/C16H20N2O4S/c1-5-10-18(15(12(2)3)16(19)22-4)23(20,21)14-8-6-13(11-17)7-9-14/h5-9,12,15H,1,10H2,2-4H3/t15-/m0/s1. The van der Waals surface area contributed by atoms with E-state index in [1.807, 2.05) is 6.07 Å². The van der Waals surface area contributed by atoms with Crippen LogP contribution in [-0.4, -0.2) is 38.4 Å². The maximum atomic E-state index is 12.9. The van der Waals surface area contributed by atoms with Gasteiger partial charge in [0.2, 0.25) is 10.0 Å². The highest BCUT2D eigenvalue weighted by molar-refractivity contribution is 7.89. The fourth-order valence-corrected chi connectivity index (χ4v) is 3.85. The van der Waals surface area contributed by atoms with E-state index in [-0.39, 0.29) is 17.4 Å². The molecule has 0 aliphatic rings. The second kappa shape index (κ2) is 7.90. The minimum absolute atomic E-state index is 0.00732. The Kier molecular flexibility index (Phi) is 6.49. The lowest BCUT2D eigenvalue weighted by atomic mass is 10.0. The number of methoxy groups -OCH3 is 1. The van der Waals surface area contributed by atoms with Gasteiger partial charge in [0.05, 0.1) is 23.6 Å². The Bertz CT molecular complexity index is 703. The Morgan fingerprint density at radius 2 is 1.96 bits per heavy atom. The fourth-order valence-electron chi connectivity index (χ4n) is 2.17. The molecule has 1 aromatic rings. The van der Waals surface area contributed by atoms with Gasteiger partial charge in [-0.1, -0.05) is 19.9 Å². The van der Waals surface area contributed by atoms with Crippen LogP contribution >= 0.6 is 0 Å². The van der Waals surface area contributed by atoms with Crippen LogP contribution < -0.4 is 0 Å². The van der Waals surface area contributed by atoms with Crippen LogP contribution in [0.4, 0.5) is 0 Å². The number of rotatable bonds is 7. The fraction of sp³-hybridized carbons (Fsp3) is 0.375. The highest BCUT2D eigenvalue weighted by atomic mass is 32.2. The molecular formula is C16H20N2O4S. The van der Waals surface area contributed by atoms with Gasteiger partial charge >= 0.3 is 5.97 Å². The van der Waals surface area contributed by atoms with Gasteiger partial charge in [0.15, 0.2) is 0 Å². The zero-order valence-electron chi connectivity index (χ0n) is 13.4. The lowest BCUT2D eigenvalue weighted by Crippen LogP contribution is -2.48. The molecule has 0 aromatic heterocycles. The molecule has 0 aliphatic carbocycles. The number of carbonyl (C=O) groups is 1. The van der Waals surface area contributed by atoms with E-state index in [1.54, 1.807) is 13.8 Å². The molecule has 0 saturated carbocycles. The van der Waals surface area contributed by atoms with Gasteiger partial charge in [0, 0.05) is 6.54 Å². The van der Waals surface area contributed by atoms with E-state index >= 15 is 0 Å². The highest BCUT2D eigenvalue weighted by Crippen LogP contribution is 2.23. The molecule has 0 bridgehead atoms. The van der Waals surface area contributed by atoms with Gasteiger partial charge < -0.3 is 4.74 Å². The third kappa shape index (κ3) is 4.18. The summed E-state index contributed by atoms with van der Waals surface area (Å²) in [7, 11) is -2.72. The SMILES string of the molecule is C=CCN([C@H](C(=O)OC)C(C)C)S(=O)(=O)c1ccc(C#N)cc1. The maximum Gasteiger partial charge on any atom is 0.324 e. The minimum atomic E-state index is -3.94. The number of nitrogens with zero attached hydrogens (tertiary/aromatic N) is 2. The van der Waals surface area contributed by atoms with Crippen molar-refractivity contribution in [2.24, 2.45) is 5.92 Å². The van der Waals surface area contributed by atoms with Crippen molar-refractivity contribution in [3.63, 3.8) is 0 Å². The number of hydrogen-bond acceptors (Lipinski definition) is 5. The first-order valence-corrected chi connectivity index (χ1v) is 8.44. The molecule has 1 rings (SSSR count). The van der Waals surface area contributed by atoms with Crippen LogP contribution in [0, 0.1) is 17.2 Å². The summed E-state index contributed by atoms with van der Waals surface area (Å²) in [5.74, 6) is -0.908. The summed E-state index contributed by atoms with van der Waals surface area (Å²) in [6.07, 6.45) is 1.42. The number of benzene rings is 1. The molecule has 0 aliphatic heterocycles. The molecule has 7 heteroatoms. The molecule has 0 N–H and O–H groups in total. The van der Waals surface area contributed by atoms with Gasteiger partial charge in [-0.15, -0.1) is 6.58 Å². The Balaban J connectivity index is 3.37. The Morgan fingerprint density at radius 1 is 1.39 bits per heavy atom. The van der Waals surface area contributed by atoms with Gasteiger partial charge in [-0.25, -0.2) is 8.42 Å². The average molecular weight is 336 g/mol. The van der Waals surface area contributed by atoms with Crippen molar-refractivity contribution in [1.29, 1.82) is 5.26 Å². The highest BCUT2D eigenvalue weighted by Gasteiger charge is 2.37. The van der Waals surface area contributed by atoms with Gasteiger partial charge in [-0.2, -0.15) is 9.57 Å². The van der Waals surface area contributed by atoms with Gasteiger partial charge in [-0.3, -0.25) is 4.79 Å². The van der Waals surface area contributed by atoms with Crippen molar-refractivity contribution in [3.05, 3.63) is 42.5 Å². The first-order valence-electron chi connectivity index (χ1n) is 7.00. The zero-order chi connectivity index (χ0) is 17.6. The van der Waals surface area contributed by atoms with Gasteiger partial charge in [0.25, 0.3) is 0 Å². The largest absolute Gasteiger partial charge is 0.468 e. The zero-order valence-corrected chi connectivity index (χ0v) is 14.2. The molecular weight excluding hydrogens is 316 g/mol. The van der Waals surface area contributed by atoms with Crippen LogP contribution in [0.15, 0.2) is 41.8 Å². The molecule has 1 aromatic carbocycles. The average Bonchev–Trinajstić information content (AvgIpc) is 2.53. The molecule has 0 unspecified atom stereocenters. The molecule has 0 heterocycles. The third-order valence-corrected chi connectivity index (χ3v) is 5.15. The van der Waals surface area contributed by atoms with E-state index in [0.29, 0.717) is 5.56 Å². The van der Waals surface area contributed by atoms with E-state index in [1.165, 1.54) is 37.5 Å². The maximum absolute atomic E-state index is 12.9. The van der Waals surface area contributed by atoms with Crippen LogP contribution in [0.2, 0.25) is 0 Å². The number of carbonyl (C=O) groups excluding carboxylic acids is 1. The normalized spacial score (nSPS) is 12.7. The van der Waals surface area contributed by atoms with E-state index < -0.39 is 22.0 Å². The van der Waals surface area contributed by atoms with E-state index in [4.69, 9.17) is 10.00 Å². The molecule has 1 atom stereocenters. The topological polar surface area (TPSA) is 87.5 Å². The predicted octanol–water partition coefficient (Wildman–Crippen LogP) is 1.93. The van der Waals surface area contributed by atoms with Crippen LogP contribution in [-0.2, 0) is 19.6 Å². The molecule has 6 nitrogen and oxygen atoms in total. The summed E-state index contributed by atoms with van der Waals surface area (Å²) in [6.45, 7) is 7.02. The van der Waals surface area contributed by atoms with Crippen molar-refractivity contribution < 1.29 is 17.9 Å². The smallest absolute Gasteiger partial charge is 0.324 e. The summed E-state index contributed by atoms with van der Waals surface area (Å²) >= 11 is 0. The molecule has 0 radical (unpaired) electrons. The molecule has 0 fully saturated rings. The van der Waals surface area contributed by atoms with E-state index in [0.717, 1.165) is 4.31 Å². The molecule has 0 amide bonds. The summed E-state index contributed by atoms with van der Waals surface area (Å²) in [4.78, 5) is 12.0. The van der Waals surface area contributed by atoms with Crippen molar-refractivity contribution >= 4 is 16.0 Å². The predicted molar refractivity (Wildman–Crippen MR) is 85.9 cm³/mol. The van der Waals surface area contributed by atoms with Crippen LogP contribution in [0.25, 0.3) is 0 Å². The van der Waals surface area contributed by atoms with Crippen LogP contribution in [0.5, 0.6) is 0 Å². The molecule has 0 saturated heterocycles. The number of hydrogen-bond donors (Lipinski definition) is 0. The van der Waals surface area contributed by atoms with E-state index in [9.17, 15) is 13.2 Å². The summed E-state index contributed by atoms with van der Waals surface area (Å²) in [6, 6.07) is 6.50. The lowest BCUT2D eigenvalue weighted by Gasteiger charge is -2.30. The van der Waals surface area contributed by atoms with Gasteiger partial charge in [-0.05, 0) is 30.2 Å². The summed E-state index contributed by atoms with van der Waals surface area (Å²) < 4.78 is 31.6. The number of esters is 1. The second-order valence-electron chi connectivity index (χ2n) is 5.21. The Labute approximate surface area is 137 Å². The third-order valence-electron chi connectivity index (χ3n) is 3.28. The number of ether oxygens (including phenoxy) is 1. The van der Waals surface area contributed by atoms with Crippen LogP contribution in [0.3, 0.4) is 0 Å². The monoisotopic (exact) mass is 336 g/mol. The number of nitriles is 1. The second-order valence-corrected chi connectivity index (χ2v) is 7.10. The summed E-state index contributed by atoms with van der Waals surface area (Å²) in [5.41, 5.74) is 0.354. The van der Waals surface area contributed by atoms with E-state index in [2.05, 4.69) is 6.58 Å². The molecule has 23 heavy (non-hydrogen) atoms. The van der Waals surface area contributed by atoms with Crippen molar-refractivity contribution in [2.45, 2.75) is 24.8 Å². The first kappa shape index (κ1) is 18.9. The first-order chi connectivity index (χ1) is 10.8. The quantitative estimate of drug-likeness (QED) is 0.561. The lowest BCUT2D eigenvalue weighted by molar-refractivity contribution is -0.146.